The molecule has 2 heterocycles. The van der Waals surface area contributed by atoms with Gasteiger partial charge in [0.15, 0.2) is 0 Å². The van der Waals surface area contributed by atoms with Gasteiger partial charge >= 0.3 is 11.6 Å². The van der Waals surface area contributed by atoms with E-state index in [0.29, 0.717) is 23.2 Å². The summed E-state index contributed by atoms with van der Waals surface area (Å²) < 4.78 is 9.46. The van der Waals surface area contributed by atoms with Crippen LogP contribution in [0.1, 0.15) is 15.9 Å². The SMILES string of the molecule is Nc1cccc2c1CCOC2=O.O=c1occc2c([N+](=O)[O-])cccc12. The van der Waals surface area contributed by atoms with Gasteiger partial charge in [-0.25, -0.2) is 9.59 Å². The predicted octanol–water partition coefficient (Wildman–Crippen LogP) is 2.68. The number of nitrogen functional groups attached to an aromatic ring is 1. The van der Waals surface area contributed by atoms with Crippen LogP contribution in [-0.4, -0.2) is 17.5 Å². The van der Waals surface area contributed by atoms with E-state index < -0.39 is 10.5 Å². The Hall–Kier alpha value is -3.68. The smallest absolute Gasteiger partial charge is 0.343 e. The fourth-order valence-corrected chi connectivity index (χ4v) is 2.69. The van der Waals surface area contributed by atoms with Gasteiger partial charge in [-0.2, -0.15) is 0 Å². The zero-order valence-electron chi connectivity index (χ0n) is 13.5. The van der Waals surface area contributed by atoms with E-state index in [1.54, 1.807) is 18.2 Å². The number of cyclic esters (lactones) is 1. The monoisotopic (exact) mass is 354 g/mol. The molecule has 0 atom stereocenters. The molecule has 0 amide bonds. The molecule has 0 saturated heterocycles. The second-order valence-electron chi connectivity index (χ2n) is 5.46. The molecule has 1 aliphatic rings. The second-order valence-corrected chi connectivity index (χ2v) is 5.46. The van der Waals surface area contributed by atoms with E-state index in [-0.39, 0.29) is 17.0 Å². The molecule has 26 heavy (non-hydrogen) atoms. The van der Waals surface area contributed by atoms with E-state index >= 15 is 0 Å². The second kappa shape index (κ2) is 7.06. The zero-order valence-corrected chi connectivity index (χ0v) is 13.5. The van der Waals surface area contributed by atoms with E-state index in [2.05, 4.69) is 4.42 Å². The third-order valence-corrected chi connectivity index (χ3v) is 3.93. The number of esters is 1. The molecule has 2 aromatic carbocycles. The number of nitrogens with two attached hydrogens (primary N) is 1. The van der Waals surface area contributed by atoms with Crippen LogP contribution in [0, 0.1) is 10.1 Å². The lowest BCUT2D eigenvalue weighted by atomic mass is 10.0. The third-order valence-electron chi connectivity index (χ3n) is 3.93. The minimum absolute atomic E-state index is 0.0876. The molecule has 1 aromatic heterocycles. The van der Waals surface area contributed by atoms with E-state index in [1.165, 1.54) is 24.3 Å². The maximum atomic E-state index is 11.2. The molecule has 0 bridgehead atoms. The molecule has 0 saturated carbocycles. The summed E-state index contributed by atoms with van der Waals surface area (Å²) in [7, 11) is 0. The van der Waals surface area contributed by atoms with Gasteiger partial charge in [-0.15, -0.1) is 0 Å². The lowest BCUT2D eigenvalue weighted by Gasteiger charge is -2.16. The highest BCUT2D eigenvalue weighted by molar-refractivity contribution is 5.93. The number of nitro benzene ring substituents is 1. The van der Waals surface area contributed by atoms with Crippen LogP contribution in [-0.2, 0) is 11.2 Å². The Morgan fingerprint density at radius 3 is 2.54 bits per heavy atom. The number of fused-ring (bicyclic) bond motifs is 2. The van der Waals surface area contributed by atoms with E-state index in [4.69, 9.17) is 10.5 Å². The maximum Gasteiger partial charge on any atom is 0.343 e. The number of non-ortho nitro benzene ring substituents is 1. The molecule has 8 heteroatoms. The van der Waals surface area contributed by atoms with Crippen molar-refractivity contribution in [1.29, 1.82) is 0 Å². The van der Waals surface area contributed by atoms with Gasteiger partial charge in [0.25, 0.3) is 5.69 Å². The molecule has 8 nitrogen and oxygen atoms in total. The Morgan fingerprint density at radius 2 is 1.81 bits per heavy atom. The Labute approximate surface area is 146 Å². The lowest BCUT2D eigenvalue weighted by molar-refractivity contribution is -0.383. The largest absolute Gasteiger partial charge is 0.462 e. The minimum atomic E-state index is -0.564. The van der Waals surface area contributed by atoms with Crippen molar-refractivity contribution < 1.29 is 18.9 Å². The van der Waals surface area contributed by atoms with Crippen molar-refractivity contribution >= 4 is 28.1 Å². The predicted molar refractivity (Wildman–Crippen MR) is 94.0 cm³/mol. The summed E-state index contributed by atoms with van der Waals surface area (Å²) in [4.78, 5) is 32.4. The highest BCUT2D eigenvalue weighted by atomic mass is 16.6. The van der Waals surface area contributed by atoms with Gasteiger partial charge in [-0.3, -0.25) is 10.1 Å². The summed E-state index contributed by atoms with van der Waals surface area (Å²) >= 11 is 0. The quantitative estimate of drug-likeness (QED) is 0.308. The van der Waals surface area contributed by atoms with E-state index in [0.717, 1.165) is 18.2 Å². The summed E-state index contributed by atoms with van der Waals surface area (Å²) in [5, 5.41) is 11.1. The van der Waals surface area contributed by atoms with Crippen LogP contribution in [0.25, 0.3) is 10.8 Å². The molecule has 0 radical (unpaired) electrons. The van der Waals surface area contributed by atoms with Gasteiger partial charge in [0.2, 0.25) is 0 Å². The van der Waals surface area contributed by atoms with Gasteiger partial charge in [-0.1, -0.05) is 12.1 Å². The average Bonchev–Trinajstić information content (AvgIpc) is 2.63. The molecule has 0 fully saturated rings. The molecular formula is C18H14N2O6. The summed E-state index contributed by atoms with van der Waals surface area (Å²) in [6, 6.07) is 11.0. The normalized spacial score (nSPS) is 12.5. The fourth-order valence-electron chi connectivity index (χ4n) is 2.69. The van der Waals surface area contributed by atoms with Crippen LogP contribution in [0.2, 0.25) is 0 Å². The number of nitro groups is 1. The molecule has 2 N–H and O–H groups in total. The van der Waals surface area contributed by atoms with Crippen LogP contribution in [0.15, 0.2) is 57.9 Å². The highest BCUT2D eigenvalue weighted by Crippen LogP contribution is 2.23. The van der Waals surface area contributed by atoms with Crippen molar-refractivity contribution in [3.05, 3.63) is 80.4 Å². The maximum absolute atomic E-state index is 11.2. The Kier molecular flexibility index (Phi) is 4.66. The number of hydrogen-bond donors (Lipinski definition) is 1. The topological polar surface area (TPSA) is 126 Å². The van der Waals surface area contributed by atoms with Crippen LogP contribution in [0.4, 0.5) is 11.4 Å². The number of anilines is 1. The van der Waals surface area contributed by atoms with Gasteiger partial charge in [-0.05, 0) is 29.8 Å². The van der Waals surface area contributed by atoms with Crippen molar-refractivity contribution in [2.24, 2.45) is 0 Å². The molecule has 0 spiro atoms. The summed E-state index contributed by atoms with van der Waals surface area (Å²) in [6.07, 6.45) is 1.88. The fraction of sp³-hybridized carbons (Fsp3) is 0.111. The lowest BCUT2D eigenvalue weighted by Crippen LogP contribution is -2.18. The van der Waals surface area contributed by atoms with Crippen LogP contribution >= 0.6 is 0 Å². The minimum Gasteiger partial charge on any atom is -0.462 e. The van der Waals surface area contributed by atoms with E-state index in [9.17, 15) is 19.7 Å². The van der Waals surface area contributed by atoms with Crippen molar-refractivity contribution in [2.75, 3.05) is 12.3 Å². The third kappa shape index (κ3) is 3.25. The number of nitrogens with zero attached hydrogens (tertiary/aromatic N) is 1. The summed E-state index contributed by atoms with van der Waals surface area (Å²) in [6.45, 7) is 0.444. The number of rotatable bonds is 1. The Bertz CT molecular complexity index is 1060. The molecule has 1 aliphatic heterocycles. The molecule has 0 unspecified atom stereocenters. The van der Waals surface area contributed by atoms with Crippen molar-refractivity contribution in [1.82, 2.24) is 0 Å². The zero-order chi connectivity index (χ0) is 18.7. The van der Waals surface area contributed by atoms with Crippen LogP contribution in [0.3, 0.4) is 0 Å². The van der Waals surface area contributed by atoms with Gasteiger partial charge in [0.05, 0.1) is 34.1 Å². The van der Waals surface area contributed by atoms with Gasteiger partial charge in [0.1, 0.15) is 0 Å². The van der Waals surface area contributed by atoms with Crippen LogP contribution < -0.4 is 11.4 Å². The van der Waals surface area contributed by atoms with Crippen LogP contribution in [0.5, 0.6) is 0 Å². The van der Waals surface area contributed by atoms with E-state index in [1.807, 2.05) is 0 Å². The molecule has 0 aliphatic carbocycles. The first kappa shape index (κ1) is 17.2. The van der Waals surface area contributed by atoms with Gasteiger partial charge in [0, 0.05) is 18.2 Å². The van der Waals surface area contributed by atoms with Crippen molar-refractivity contribution in [3.8, 4) is 0 Å². The number of ether oxygens (including phenoxy) is 1. The number of carbonyl (C=O) groups excluding carboxylic acids is 1. The number of carbonyl (C=O) groups is 1. The molecule has 132 valence electrons. The summed E-state index contributed by atoms with van der Waals surface area (Å²) in [5.41, 5.74) is 7.27. The average molecular weight is 354 g/mol. The standard InChI is InChI=1S/C9H5NO4.C9H9NO2/c11-9-7-2-1-3-8(10(12)13)6(7)4-5-14-9;10-8-3-1-2-7-6(8)4-5-12-9(7)11/h1-5H;1-3H,4-5,10H2. The first-order valence-corrected chi connectivity index (χ1v) is 7.68. The van der Waals surface area contributed by atoms with Gasteiger partial charge < -0.3 is 14.9 Å². The highest BCUT2D eigenvalue weighted by Gasteiger charge is 2.19. The summed E-state index contributed by atoms with van der Waals surface area (Å²) in [5.74, 6) is -0.261. The molecular weight excluding hydrogens is 340 g/mol. The van der Waals surface area contributed by atoms with Crippen molar-refractivity contribution in [2.45, 2.75) is 6.42 Å². The Morgan fingerprint density at radius 1 is 1.04 bits per heavy atom. The first-order chi connectivity index (χ1) is 12.5. The molecule has 3 aromatic rings. The number of benzene rings is 2. The first-order valence-electron chi connectivity index (χ1n) is 7.68. The molecule has 4 rings (SSSR count). The van der Waals surface area contributed by atoms with Crippen molar-refractivity contribution in [3.63, 3.8) is 0 Å². The number of hydrogen-bond acceptors (Lipinski definition) is 7. The Balaban J connectivity index is 0.000000152.